The molecule has 0 radical (unpaired) electrons. The summed E-state index contributed by atoms with van der Waals surface area (Å²) in [5, 5.41) is 1.77. The van der Waals surface area contributed by atoms with Crippen LogP contribution in [-0.2, 0) is 9.53 Å². The maximum atomic E-state index is 11.1. The van der Waals surface area contributed by atoms with E-state index in [-0.39, 0.29) is 4.87 Å². The molecule has 0 aliphatic heterocycles. The fraction of sp³-hybridized carbons (Fsp3) is 0.143. The van der Waals surface area contributed by atoms with Crippen LogP contribution in [0, 0.1) is 11.8 Å². The lowest BCUT2D eigenvalue weighted by atomic mass is 10.1. The van der Waals surface area contributed by atoms with Crippen LogP contribution in [-0.4, -0.2) is 17.6 Å². The van der Waals surface area contributed by atoms with Gasteiger partial charge in [0.1, 0.15) is 0 Å². The number of esters is 1. The molecule has 1 aromatic heterocycles. The molecule has 96 valence electrons. The van der Waals surface area contributed by atoms with Crippen LogP contribution in [0.25, 0.3) is 11.3 Å². The van der Waals surface area contributed by atoms with Crippen molar-refractivity contribution >= 4 is 17.3 Å². The molecule has 0 atom stereocenters. The second-order valence-electron chi connectivity index (χ2n) is 3.61. The summed E-state index contributed by atoms with van der Waals surface area (Å²) in [7, 11) is 0. The van der Waals surface area contributed by atoms with Crippen molar-refractivity contribution in [2.24, 2.45) is 0 Å². The average molecular weight is 273 g/mol. The smallest absolute Gasteiger partial charge is 0.384 e. The summed E-state index contributed by atoms with van der Waals surface area (Å²) in [5.41, 5.74) is 2.40. The van der Waals surface area contributed by atoms with E-state index >= 15 is 0 Å². The lowest BCUT2D eigenvalue weighted by Crippen LogP contribution is -1.99. The molecule has 19 heavy (non-hydrogen) atoms. The molecular weight excluding hydrogens is 262 g/mol. The summed E-state index contributed by atoms with van der Waals surface area (Å²) in [6.45, 7) is 2.05. The van der Waals surface area contributed by atoms with Crippen LogP contribution in [0.1, 0.15) is 12.5 Å². The highest BCUT2D eigenvalue weighted by Crippen LogP contribution is 2.17. The second kappa shape index (κ2) is 6.03. The summed E-state index contributed by atoms with van der Waals surface area (Å²) >= 11 is 1.12. The third-order valence-corrected chi connectivity index (χ3v) is 2.97. The third kappa shape index (κ3) is 3.57. The Morgan fingerprint density at radius 3 is 2.68 bits per heavy atom. The summed E-state index contributed by atoms with van der Waals surface area (Å²) in [6, 6.07) is 7.26. The summed E-state index contributed by atoms with van der Waals surface area (Å²) in [5.74, 6) is 4.58. The normalized spacial score (nSPS) is 9.53. The van der Waals surface area contributed by atoms with Crippen molar-refractivity contribution in [2.45, 2.75) is 6.92 Å². The first-order valence-electron chi connectivity index (χ1n) is 5.66. The molecule has 0 bridgehead atoms. The van der Waals surface area contributed by atoms with Crippen molar-refractivity contribution < 1.29 is 9.53 Å². The van der Waals surface area contributed by atoms with Gasteiger partial charge in [0.2, 0.25) is 0 Å². The highest BCUT2D eigenvalue weighted by atomic mass is 32.1. The Morgan fingerprint density at radius 1 is 1.37 bits per heavy atom. The van der Waals surface area contributed by atoms with Gasteiger partial charge in [0.05, 0.1) is 12.3 Å². The Labute approximate surface area is 114 Å². The fourth-order valence-electron chi connectivity index (χ4n) is 1.45. The van der Waals surface area contributed by atoms with Crippen molar-refractivity contribution in [1.82, 2.24) is 4.98 Å². The molecule has 0 unspecified atom stereocenters. The van der Waals surface area contributed by atoms with Gasteiger partial charge in [-0.05, 0) is 24.6 Å². The number of ether oxygens (including phenoxy) is 1. The summed E-state index contributed by atoms with van der Waals surface area (Å²) in [6.07, 6.45) is 0. The van der Waals surface area contributed by atoms with Gasteiger partial charge >= 0.3 is 10.8 Å². The van der Waals surface area contributed by atoms with Crippen LogP contribution in [0.4, 0.5) is 0 Å². The van der Waals surface area contributed by atoms with Crippen LogP contribution < -0.4 is 4.87 Å². The second-order valence-corrected chi connectivity index (χ2v) is 4.45. The molecule has 0 spiro atoms. The predicted molar refractivity (Wildman–Crippen MR) is 73.9 cm³/mol. The van der Waals surface area contributed by atoms with Crippen molar-refractivity contribution in [2.75, 3.05) is 6.61 Å². The maximum absolute atomic E-state index is 11.1. The number of carbonyl (C=O) groups is 1. The zero-order valence-electron chi connectivity index (χ0n) is 10.2. The van der Waals surface area contributed by atoms with Gasteiger partial charge in [0.25, 0.3) is 0 Å². The van der Waals surface area contributed by atoms with E-state index in [1.165, 1.54) is 0 Å². The van der Waals surface area contributed by atoms with Gasteiger partial charge in [0.15, 0.2) is 0 Å². The van der Waals surface area contributed by atoms with Crippen molar-refractivity contribution in [3.05, 3.63) is 44.9 Å². The number of rotatable bonds is 2. The number of aromatic amines is 1. The van der Waals surface area contributed by atoms with Crippen LogP contribution >= 0.6 is 11.3 Å². The molecule has 0 amide bonds. The molecule has 2 rings (SSSR count). The molecule has 0 fully saturated rings. The van der Waals surface area contributed by atoms with Crippen LogP contribution in [0.2, 0.25) is 0 Å². The molecule has 4 nitrogen and oxygen atoms in total. The highest BCUT2D eigenvalue weighted by Gasteiger charge is 2.00. The van der Waals surface area contributed by atoms with E-state index in [9.17, 15) is 9.59 Å². The van der Waals surface area contributed by atoms with Crippen LogP contribution in [0.5, 0.6) is 0 Å². The number of H-pyrrole nitrogens is 1. The molecule has 1 heterocycles. The number of nitrogens with one attached hydrogen (secondary N) is 1. The number of carbonyl (C=O) groups excluding carboxylic acids is 1. The minimum Gasteiger partial charge on any atom is -0.456 e. The summed E-state index contributed by atoms with van der Waals surface area (Å²) in [4.78, 5) is 24.8. The molecule has 1 N–H and O–H groups in total. The quantitative estimate of drug-likeness (QED) is 0.672. The number of thiazole rings is 1. The molecule has 2 aromatic rings. The molecule has 5 heteroatoms. The highest BCUT2D eigenvalue weighted by molar-refractivity contribution is 7.07. The van der Waals surface area contributed by atoms with Gasteiger partial charge in [-0.15, -0.1) is 0 Å². The fourth-order valence-corrected chi connectivity index (χ4v) is 2.03. The SMILES string of the molecule is CCOC(=O)C#Cc1ccc(-c2csc(=O)[nH]2)cc1. The molecular formula is C14H11NO3S. The lowest BCUT2D eigenvalue weighted by molar-refractivity contribution is -0.136. The molecule has 1 aromatic carbocycles. The number of hydrogen-bond acceptors (Lipinski definition) is 4. The first-order valence-corrected chi connectivity index (χ1v) is 6.54. The van der Waals surface area contributed by atoms with E-state index < -0.39 is 5.97 Å². The van der Waals surface area contributed by atoms with Gasteiger partial charge < -0.3 is 9.72 Å². The number of aromatic nitrogens is 1. The largest absolute Gasteiger partial charge is 0.456 e. The zero-order chi connectivity index (χ0) is 13.7. The number of benzene rings is 1. The van der Waals surface area contributed by atoms with Gasteiger partial charge in [-0.3, -0.25) is 4.79 Å². The van der Waals surface area contributed by atoms with E-state index in [0.29, 0.717) is 6.61 Å². The average Bonchev–Trinajstić information content (AvgIpc) is 2.84. The van der Waals surface area contributed by atoms with Gasteiger partial charge in [0, 0.05) is 16.9 Å². The Balaban J connectivity index is 2.15. The molecule has 0 saturated carbocycles. The van der Waals surface area contributed by atoms with Gasteiger partial charge in [-0.2, -0.15) is 0 Å². The Hall–Kier alpha value is -2.32. The Kier molecular flexibility index (Phi) is 4.16. The monoisotopic (exact) mass is 273 g/mol. The van der Waals surface area contributed by atoms with Crippen LogP contribution in [0.15, 0.2) is 34.4 Å². The van der Waals surface area contributed by atoms with E-state index in [0.717, 1.165) is 28.2 Å². The molecule has 0 saturated heterocycles. The predicted octanol–water partition coefficient (Wildman–Crippen LogP) is 2.02. The first-order chi connectivity index (χ1) is 9.19. The Bertz CT molecular complexity index is 686. The third-order valence-electron chi connectivity index (χ3n) is 2.30. The van der Waals surface area contributed by atoms with E-state index in [1.807, 2.05) is 12.1 Å². The zero-order valence-corrected chi connectivity index (χ0v) is 11.0. The standard InChI is InChI=1S/C14H11NO3S/c1-2-18-13(16)8-5-10-3-6-11(7-4-10)12-9-19-14(17)15-12/h3-4,6-7,9H,2H2,1H3,(H,15,17). The van der Waals surface area contributed by atoms with Gasteiger partial charge in [-0.1, -0.05) is 29.4 Å². The minimum absolute atomic E-state index is 0.0822. The van der Waals surface area contributed by atoms with Gasteiger partial charge in [-0.25, -0.2) is 4.79 Å². The van der Waals surface area contributed by atoms with Crippen LogP contribution in [0.3, 0.4) is 0 Å². The molecule has 0 aliphatic rings. The van der Waals surface area contributed by atoms with Crippen molar-refractivity contribution in [1.29, 1.82) is 0 Å². The first kappa shape index (κ1) is 13.1. The van der Waals surface area contributed by atoms with E-state index in [4.69, 9.17) is 4.74 Å². The van der Waals surface area contributed by atoms with E-state index in [1.54, 1.807) is 24.4 Å². The maximum Gasteiger partial charge on any atom is 0.384 e. The summed E-state index contributed by atoms with van der Waals surface area (Å²) < 4.78 is 4.71. The van der Waals surface area contributed by atoms with Crippen molar-refractivity contribution in [3.63, 3.8) is 0 Å². The Morgan fingerprint density at radius 2 is 2.11 bits per heavy atom. The topological polar surface area (TPSA) is 59.2 Å². The lowest BCUT2D eigenvalue weighted by Gasteiger charge is -1.97. The van der Waals surface area contributed by atoms with Crippen molar-refractivity contribution in [3.8, 4) is 23.1 Å². The minimum atomic E-state index is -0.534. The number of hydrogen-bond donors (Lipinski definition) is 1. The van der Waals surface area contributed by atoms with E-state index in [2.05, 4.69) is 16.8 Å². The molecule has 0 aliphatic carbocycles.